The highest BCUT2D eigenvalue weighted by Crippen LogP contribution is 2.13. The van der Waals surface area contributed by atoms with Gasteiger partial charge in [-0.3, -0.25) is 14.7 Å². The van der Waals surface area contributed by atoms with Gasteiger partial charge in [-0.05, 0) is 61.3 Å². The Labute approximate surface area is 137 Å². The quantitative estimate of drug-likeness (QED) is 0.923. The minimum atomic E-state index is -0.0358. The van der Waals surface area contributed by atoms with Crippen LogP contribution in [-0.4, -0.2) is 28.9 Å². The molecule has 1 aromatic heterocycles. The van der Waals surface area contributed by atoms with Crippen LogP contribution in [0.5, 0.6) is 0 Å². The summed E-state index contributed by atoms with van der Waals surface area (Å²) in [4.78, 5) is 18.6. The van der Waals surface area contributed by atoms with Crippen LogP contribution in [0.15, 0.2) is 48.8 Å². The zero-order valence-electron chi connectivity index (χ0n) is 13.4. The molecule has 3 rings (SSSR count). The highest BCUT2D eigenvalue weighted by Gasteiger charge is 2.11. The van der Waals surface area contributed by atoms with Gasteiger partial charge in [-0.15, -0.1) is 0 Å². The lowest BCUT2D eigenvalue weighted by Crippen LogP contribution is -2.29. The average Bonchev–Trinajstić information content (AvgIpc) is 2.62. The van der Waals surface area contributed by atoms with E-state index >= 15 is 0 Å². The first kappa shape index (κ1) is 15.7. The summed E-state index contributed by atoms with van der Waals surface area (Å²) in [7, 11) is 0. The molecule has 0 saturated carbocycles. The van der Waals surface area contributed by atoms with Crippen molar-refractivity contribution in [2.45, 2.75) is 32.4 Å². The zero-order valence-corrected chi connectivity index (χ0v) is 13.4. The van der Waals surface area contributed by atoms with Crippen molar-refractivity contribution in [3.05, 3.63) is 65.5 Å². The van der Waals surface area contributed by atoms with Gasteiger partial charge in [0.05, 0.1) is 0 Å². The lowest BCUT2D eigenvalue weighted by Gasteiger charge is -2.26. The molecular formula is C19H23N3O. The number of pyridine rings is 1. The van der Waals surface area contributed by atoms with Crippen molar-refractivity contribution in [3.63, 3.8) is 0 Å². The van der Waals surface area contributed by atoms with Gasteiger partial charge < -0.3 is 5.32 Å². The van der Waals surface area contributed by atoms with Crippen LogP contribution in [0, 0.1) is 0 Å². The first-order chi connectivity index (χ1) is 11.3. The van der Waals surface area contributed by atoms with Crippen molar-refractivity contribution < 1.29 is 4.79 Å². The highest BCUT2D eigenvalue weighted by molar-refractivity contribution is 5.94. The maximum absolute atomic E-state index is 12.2. The Morgan fingerprint density at radius 2 is 1.65 bits per heavy atom. The maximum atomic E-state index is 12.2. The Kier molecular flexibility index (Phi) is 5.37. The molecule has 2 heterocycles. The minimum Gasteiger partial charge on any atom is -0.348 e. The van der Waals surface area contributed by atoms with E-state index in [0.29, 0.717) is 12.1 Å². The summed E-state index contributed by atoms with van der Waals surface area (Å²) in [6.45, 7) is 3.89. The maximum Gasteiger partial charge on any atom is 0.251 e. The fourth-order valence-corrected chi connectivity index (χ4v) is 2.92. The second-order valence-electron chi connectivity index (χ2n) is 6.07. The number of hydrogen-bond donors (Lipinski definition) is 1. The number of likely N-dealkylation sites (tertiary alicyclic amines) is 1. The number of amides is 1. The number of nitrogens with zero attached hydrogens (tertiary/aromatic N) is 2. The predicted molar refractivity (Wildman–Crippen MR) is 91.0 cm³/mol. The van der Waals surface area contributed by atoms with Gasteiger partial charge in [0.2, 0.25) is 0 Å². The highest BCUT2D eigenvalue weighted by atomic mass is 16.1. The van der Waals surface area contributed by atoms with Gasteiger partial charge in [0.25, 0.3) is 5.91 Å². The smallest absolute Gasteiger partial charge is 0.251 e. The number of piperidine rings is 1. The third-order valence-electron chi connectivity index (χ3n) is 4.27. The molecule has 4 heteroatoms. The summed E-state index contributed by atoms with van der Waals surface area (Å²) in [5, 5.41) is 2.94. The average molecular weight is 309 g/mol. The number of benzene rings is 1. The molecule has 0 atom stereocenters. The van der Waals surface area contributed by atoms with Gasteiger partial charge in [-0.1, -0.05) is 18.6 Å². The lowest BCUT2D eigenvalue weighted by atomic mass is 10.1. The number of hydrogen-bond acceptors (Lipinski definition) is 3. The van der Waals surface area contributed by atoms with E-state index < -0.39 is 0 Å². The third-order valence-corrected chi connectivity index (χ3v) is 4.27. The van der Waals surface area contributed by atoms with Gasteiger partial charge in [0.15, 0.2) is 0 Å². The van der Waals surface area contributed by atoms with E-state index in [1.807, 2.05) is 24.3 Å². The van der Waals surface area contributed by atoms with Gasteiger partial charge in [0.1, 0.15) is 0 Å². The van der Waals surface area contributed by atoms with Gasteiger partial charge in [0, 0.05) is 31.0 Å². The molecule has 4 nitrogen and oxygen atoms in total. The fourth-order valence-electron chi connectivity index (χ4n) is 2.92. The lowest BCUT2D eigenvalue weighted by molar-refractivity contribution is 0.0951. The van der Waals surface area contributed by atoms with Gasteiger partial charge in [-0.2, -0.15) is 0 Å². The molecule has 2 aromatic rings. The van der Waals surface area contributed by atoms with Crippen molar-refractivity contribution in [3.8, 4) is 0 Å². The van der Waals surface area contributed by atoms with Crippen molar-refractivity contribution in [2.24, 2.45) is 0 Å². The van der Waals surface area contributed by atoms with Crippen LogP contribution < -0.4 is 5.32 Å². The molecular weight excluding hydrogens is 286 g/mol. The molecule has 120 valence electrons. The number of carbonyl (C=O) groups is 1. The fraction of sp³-hybridized carbons (Fsp3) is 0.368. The van der Waals surface area contributed by atoms with Crippen molar-refractivity contribution in [2.75, 3.05) is 13.1 Å². The largest absolute Gasteiger partial charge is 0.348 e. The SMILES string of the molecule is O=C(NCc1ccncc1)c1ccc(CN2CCCCC2)cc1. The van der Waals surface area contributed by atoms with E-state index in [4.69, 9.17) is 0 Å². The summed E-state index contributed by atoms with van der Waals surface area (Å²) in [5.74, 6) is -0.0358. The molecule has 0 bridgehead atoms. The van der Waals surface area contributed by atoms with E-state index in [1.54, 1.807) is 12.4 Å². The summed E-state index contributed by atoms with van der Waals surface area (Å²) in [6.07, 6.45) is 7.42. The first-order valence-corrected chi connectivity index (χ1v) is 8.30. The Morgan fingerprint density at radius 1 is 0.957 bits per heavy atom. The number of carbonyl (C=O) groups excluding carboxylic acids is 1. The molecule has 23 heavy (non-hydrogen) atoms. The topological polar surface area (TPSA) is 45.2 Å². The van der Waals surface area contributed by atoms with Crippen LogP contribution in [-0.2, 0) is 13.1 Å². The third kappa shape index (κ3) is 4.63. The monoisotopic (exact) mass is 309 g/mol. The molecule has 1 amide bonds. The van der Waals surface area contributed by atoms with Gasteiger partial charge in [-0.25, -0.2) is 0 Å². The van der Waals surface area contributed by atoms with Crippen LogP contribution >= 0.6 is 0 Å². The molecule has 1 aromatic carbocycles. The molecule has 1 saturated heterocycles. The number of rotatable bonds is 5. The Bertz CT molecular complexity index is 619. The van der Waals surface area contributed by atoms with Crippen molar-refractivity contribution in [1.82, 2.24) is 15.2 Å². The molecule has 1 fully saturated rings. The molecule has 0 radical (unpaired) electrons. The summed E-state index contributed by atoms with van der Waals surface area (Å²) in [5.41, 5.74) is 3.04. The van der Waals surface area contributed by atoms with E-state index in [-0.39, 0.29) is 5.91 Å². The van der Waals surface area contributed by atoms with Crippen molar-refractivity contribution >= 4 is 5.91 Å². The van der Waals surface area contributed by atoms with Crippen LogP contribution in [0.1, 0.15) is 40.7 Å². The Balaban J connectivity index is 1.52. The predicted octanol–water partition coefficient (Wildman–Crippen LogP) is 3.00. The molecule has 0 unspecified atom stereocenters. The first-order valence-electron chi connectivity index (χ1n) is 8.30. The normalized spacial score (nSPS) is 15.3. The summed E-state index contributed by atoms with van der Waals surface area (Å²) < 4.78 is 0. The standard InChI is InChI=1S/C19H23N3O/c23-19(21-14-16-8-10-20-11-9-16)18-6-4-17(5-7-18)15-22-12-2-1-3-13-22/h4-11H,1-3,12-15H2,(H,21,23). The minimum absolute atomic E-state index is 0.0358. The number of nitrogens with one attached hydrogen (secondary N) is 1. The van der Waals surface area contributed by atoms with E-state index in [0.717, 1.165) is 12.1 Å². The second kappa shape index (κ2) is 7.88. The summed E-state index contributed by atoms with van der Waals surface area (Å²) in [6, 6.07) is 11.8. The molecule has 1 aliphatic rings. The molecule has 0 spiro atoms. The molecule has 1 N–H and O–H groups in total. The van der Waals surface area contributed by atoms with Crippen molar-refractivity contribution in [1.29, 1.82) is 0 Å². The summed E-state index contributed by atoms with van der Waals surface area (Å²) >= 11 is 0. The molecule has 1 aliphatic heterocycles. The zero-order chi connectivity index (χ0) is 15.9. The van der Waals surface area contributed by atoms with Crippen LogP contribution in [0.2, 0.25) is 0 Å². The van der Waals surface area contributed by atoms with E-state index in [9.17, 15) is 4.79 Å². The second-order valence-corrected chi connectivity index (χ2v) is 6.07. The Hall–Kier alpha value is -2.20. The van der Waals surface area contributed by atoms with E-state index in [2.05, 4.69) is 27.3 Å². The van der Waals surface area contributed by atoms with Gasteiger partial charge >= 0.3 is 0 Å². The van der Waals surface area contributed by atoms with Crippen LogP contribution in [0.3, 0.4) is 0 Å². The van der Waals surface area contributed by atoms with Crippen LogP contribution in [0.25, 0.3) is 0 Å². The van der Waals surface area contributed by atoms with Crippen LogP contribution in [0.4, 0.5) is 0 Å². The number of aromatic nitrogens is 1. The molecule has 0 aliphatic carbocycles. The van der Waals surface area contributed by atoms with E-state index in [1.165, 1.54) is 37.9 Å². The Morgan fingerprint density at radius 3 is 2.35 bits per heavy atom.